The Labute approximate surface area is 95.3 Å². The fourth-order valence-electron chi connectivity index (χ4n) is 2.41. The van der Waals surface area contributed by atoms with Crippen LogP contribution < -0.4 is 15.5 Å². The lowest BCUT2D eigenvalue weighted by atomic mass is 10.1. The van der Waals surface area contributed by atoms with Crippen LogP contribution in [0.25, 0.3) is 0 Å². The Morgan fingerprint density at radius 2 is 2.00 bits per heavy atom. The standard InChI is InChI=1S/C11H17N5/c1-2-9-10(13-3-1)14-8-15-11(9)16-6-4-12-5-7-16/h8,12H,1-7H2,(H,13,14,15). The summed E-state index contributed by atoms with van der Waals surface area (Å²) in [5.41, 5.74) is 1.30. The molecule has 0 atom stereocenters. The Balaban J connectivity index is 1.93. The Morgan fingerprint density at radius 3 is 2.88 bits per heavy atom. The van der Waals surface area contributed by atoms with Gasteiger partial charge in [0, 0.05) is 38.3 Å². The van der Waals surface area contributed by atoms with Gasteiger partial charge in [0.2, 0.25) is 0 Å². The summed E-state index contributed by atoms with van der Waals surface area (Å²) >= 11 is 0. The van der Waals surface area contributed by atoms with E-state index in [0.717, 1.165) is 50.8 Å². The number of nitrogens with zero attached hydrogens (tertiary/aromatic N) is 3. The van der Waals surface area contributed by atoms with Gasteiger partial charge in [-0.15, -0.1) is 0 Å². The number of anilines is 2. The lowest BCUT2D eigenvalue weighted by Crippen LogP contribution is -2.44. The predicted molar refractivity (Wildman–Crippen MR) is 63.9 cm³/mol. The molecule has 3 heterocycles. The maximum absolute atomic E-state index is 4.46. The molecular formula is C11H17N5. The van der Waals surface area contributed by atoms with Gasteiger partial charge in [0.25, 0.3) is 0 Å². The van der Waals surface area contributed by atoms with Crippen LogP contribution in [-0.4, -0.2) is 42.7 Å². The topological polar surface area (TPSA) is 53.1 Å². The molecule has 1 saturated heterocycles. The van der Waals surface area contributed by atoms with Crippen LogP contribution in [0.4, 0.5) is 11.6 Å². The Bertz CT molecular complexity index is 373. The summed E-state index contributed by atoms with van der Waals surface area (Å²) in [5.74, 6) is 2.17. The molecule has 0 aliphatic carbocycles. The quantitative estimate of drug-likeness (QED) is 0.709. The molecule has 5 nitrogen and oxygen atoms in total. The average molecular weight is 219 g/mol. The average Bonchev–Trinajstić information content (AvgIpc) is 2.39. The molecule has 0 unspecified atom stereocenters. The van der Waals surface area contributed by atoms with Gasteiger partial charge in [0.05, 0.1) is 0 Å². The van der Waals surface area contributed by atoms with Crippen molar-refractivity contribution in [1.82, 2.24) is 15.3 Å². The van der Waals surface area contributed by atoms with Crippen molar-refractivity contribution in [3.63, 3.8) is 0 Å². The SMILES string of the molecule is c1nc2c(c(N3CCNCC3)n1)CCCN2. The van der Waals surface area contributed by atoms with Crippen LogP contribution in [0.1, 0.15) is 12.0 Å². The van der Waals surface area contributed by atoms with Crippen molar-refractivity contribution < 1.29 is 0 Å². The van der Waals surface area contributed by atoms with Gasteiger partial charge in [-0.25, -0.2) is 9.97 Å². The number of aromatic nitrogens is 2. The largest absolute Gasteiger partial charge is 0.370 e. The minimum absolute atomic E-state index is 1.03. The Kier molecular flexibility index (Phi) is 2.61. The lowest BCUT2D eigenvalue weighted by molar-refractivity contribution is 0.581. The van der Waals surface area contributed by atoms with Crippen molar-refractivity contribution in [3.8, 4) is 0 Å². The summed E-state index contributed by atoms with van der Waals surface area (Å²) in [6.45, 7) is 5.22. The minimum atomic E-state index is 1.03. The highest BCUT2D eigenvalue weighted by Gasteiger charge is 2.20. The third-order valence-electron chi connectivity index (χ3n) is 3.24. The van der Waals surface area contributed by atoms with Crippen molar-refractivity contribution >= 4 is 11.6 Å². The van der Waals surface area contributed by atoms with Crippen LogP contribution >= 0.6 is 0 Å². The van der Waals surface area contributed by atoms with E-state index in [9.17, 15) is 0 Å². The monoisotopic (exact) mass is 219 g/mol. The van der Waals surface area contributed by atoms with Crippen LogP contribution in [0.3, 0.4) is 0 Å². The molecule has 0 spiro atoms. The van der Waals surface area contributed by atoms with E-state index in [-0.39, 0.29) is 0 Å². The molecule has 2 N–H and O–H groups in total. The highest BCUT2D eigenvalue weighted by molar-refractivity contribution is 5.60. The number of piperazine rings is 1. The van der Waals surface area contributed by atoms with Gasteiger partial charge in [-0.1, -0.05) is 0 Å². The molecule has 0 amide bonds. The van der Waals surface area contributed by atoms with Gasteiger partial charge in [-0.2, -0.15) is 0 Å². The van der Waals surface area contributed by atoms with Crippen LogP contribution in [0.2, 0.25) is 0 Å². The first-order chi connectivity index (χ1) is 7.95. The first-order valence-electron chi connectivity index (χ1n) is 5.98. The highest BCUT2D eigenvalue weighted by Crippen LogP contribution is 2.27. The first-order valence-corrected chi connectivity index (χ1v) is 5.98. The molecule has 3 rings (SSSR count). The molecule has 0 aromatic carbocycles. The predicted octanol–water partition coefficient (Wildman–Crippen LogP) is 0.244. The third-order valence-corrected chi connectivity index (χ3v) is 3.24. The summed E-state index contributed by atoms with van der Waals surface area (Å²) < 4.78 is 0. The molecule has 0 saturated carbocycles. The number of fused-ring (bicyclic) bond motifs is 1. The minimum Gasteiger partial charge on any atom is -0.370 e. The molecule has 1 fully saturated rings. The normalized spacial score (nSPS) is 20.1. The maximum Gasteiger partial charge on any atom is 0.137 e. The fraction of sp³-hybridized carbons (Fsp3) is 0.636. The Hall–Kier alpha value is -1.36. The summed E-state index contributed by atoms with van der Waals surface area (Å²) in [7, 11) is 0. The molecule has 16 heavy (non-hydrogen) atoms. The van der Waals surface area contributed by atoms with Crippen LogP contribution in [0.15, 0.2) is 6.33 Å². The van der Waals surface area contributed by atoms with E-state index in [1.165, 1.54) is 12.0 Å². The van der Waals surface area contributed by atoms with Crippen LogP contribution in [0.5, 0.6) is 0 Å². The molecule has 0 bridgehead atoms. The molecule has 2 aliphatic rings. The summed E-state index contributed by atoms with van der Waals surface area (Å²) in [4.78, 5) is 11.1. The highest BCUT2D eigenvalue weighted by atomic mass is 15.2. The van der Waals surface area contributed by atoms with Gasteiger partial charge in [0.1, 0.15) is 18.0 Å². The molecule has 2 aliphatic heterocycles. The zero-order valence-corrected chi connectivity index (χ0v) is 9.37. The van der Waals surface area contributed by atoms with Crippen molar-refractivity contribution in [1.29, 1.82) is 0 Å². The Morgan fingerprint density at radius 1 is 1.12 bits per heavy atom. The third kappa shape index (κ3) is 1.71. The van der Waals surface area contributed by atoms with E-state index in [1.54, 1.807) is 6.33 Å². The van der Waals surface area contributed by atoms with E-state index in [2.05, 4.69) is 25.5 Å². The zero-order valence-electron chi connectivity index (χ0n) is 9.37. The molecule has 86 valence electrons. The molecule has 5 heteroatoms. The number of rotatable bonds is 1. The molecular weight excluding hydrogens is 202 g/mol. The van der Waals surface area contributed by atoms with Gasteiger partial charge < -0.3 is 15.5 Å². The number of nitrogens with one attached hydrogen (secondary N) is 2. The summed E-state index contributed by atoms with van der Waals surface area (Å²) in [6, 6.07) is 0. The van der Waals surface area contributed by atoms with E-state index < -0.39 is 0 Å². The van der Waals surface area contributed by atoms with Crippen LogP contribution in [0, 0.1) is 0 Å². The molecule has 1 aromatic rings. The van der Waals surface area contributed by atoms with Crippen molar-refractivity contribution in [2.45, 2.75) is 12.8 Å². The van der Waals surface area contributed by atoms with E-state index >= 15 is 0 Å². The number of hydrogen-bond acceptors (Lipinski definition) is 5. The van der Waals surface area contributed by atoms with Gasteiger partial charge in [0.15, 0.2) is 0 Å². The molecule has 1 aromatic heterocycles. The maximum atomic E-state index is 4.46. The van der Waals surface area contributed by atoms with E-state index in [0.29, 0.717) is 0 Å². The first kappa shape index (κ1) is 9.84. The smallest absolute Gasteiger partial charge is 0.137 e. The second-order valence-electron chi connectivity index (χ2n) is 4.29. The fourth-order valence-corrected chi connectivity index (χ4v) is 2.41. The second kappa shape index (κ2) is 4.25. The van der Waals surface area contributed by atoms with Crippen LogP contribution in [-0.2, 0) is 6.42 Å². The number of hydrogen-bond donors (Lipinski definition) is 2. The summed E-state index contributed by atoms with van der Waals surface area (Å²) in [5, 5.41) is 6.71. The second-order valence-corrected chi connectivity index (χ2v) is 4.29. The van der Waals surface area contributed by atoms with Gasteiger partial charge in [-0.05, 0) is 12.8 Å². The lowest BCUT2D eigenvalue weighted by Gasteiger charge is -2.31. The van der Waals surface area contributed by atoms with Gasteiger partial charge >= 0.3 is 0 Å². The zero-order chi connectivity index (χ0) is 10.8. The summed E-state index contributed by atoms with van der Waals surface area (Å²) in [6.07, 6.45) is 3.95. The van der Waals surface area contributed by atoms with Crippen molar-refractivity contribution in [2.24, 2.45) is 0 Å². The van der Waals surface area contributed by atoms with E-state index in [4.69, 9.17) is 0 Å². The van der Waals surface area contributed by atoms with Gasteiger partial charge in [-0.3, -0.25) is 0 Å². The van der Waals surface area contributed by atoms with E-state index in [1.807, 2.05) is 0 Å². The van der Waals surface area contributed by atoms with Crippen molar-refractivity contribution in [3.05, 3.63) is 11.9 Å². The molecule has 0 radical (unpaired) electrons. The van der Waals surface area contributed by atoms with Crippen molar-refractivity contribution in [2.75, 3.05) is 42.9 Å².